The number of halogens is 1. The normalized spacial score (nSPS) is 23.1. The molecular formula is C16H24BrN3. The van der Waals surface area contributed by atoms with E-state index in [9.17, 15) is 0 Å². The fourth-order valence-corrected chi connectivity index (χ4v) is 3.35. The first kappa shape index (κ1) is 15.4. The van der Waals surface area contributed by atoms with Crippen molar-refractivity contribution < 1.29 is 0 Å². The smallest absolute Gasteiger partial charge is 0.0948 e. The van der Waals surface area contributed by atoms with Gasteiger partial charge in [-0.1, -0.05) is 29.8 Å². The average Bonchev–Trinajstić information content (AvgIpc) is 2.45. The predicted molar refractivity (Wildman–Crippen MR) is 89.6 cm³/mol. The highest BCUT2D eigenvalue weighted by atomic mass is 79.9. The van der Waals surface area contributed by atoms with E-state index in [-0.39, 0.29) is 5.66 Å². The van der Waals surface area contributed by atoms with Crippen LogP contribution in [0.5, 0.6) is 0 Å². The van der Waals surface area contributed by atoms with Crippen molar-refractivity contribution in [1.29, 1.82) is 0 Å². The molecule has 1 N–H and O–H groups in total. The summed E-state index contributed by atoms with van der Waals surface area (Å²) in [7, 11) is 1.93. The molecule has 0 aliphatic carbocycles. The van der Waals surface area contributed by atoms with Crippen LogP contribution in [0.25, 0.3) is 0 Å². The van der Waals surface area contributed by atoms with E-state index in [4.69, 9.17) is 0 Å². The van der Waals surface area contributed by atoms with Gasteiger partial charge >= 0.3 is 0 Å². The number of fused-ring (bicyclic) bond motifs is 1. The molecule has 0 spiro atoms. The van der Waals surface area contributed by atoms with Crippen LogP contribution in [0, 0.1) is 0 Å². The molecule has 1 aromatic rings. The summed E-state index contributed by atoms with van der Waals surface area (Å²) in [5, 5.41) is 3.10. The summed E-state index contributed by atoms with van der Waals surface area (Å²) < 4.78 is 1.14. The highest BCUT2D eigenvalue weighted by Crippen LogP contribution is 2.40. The molecule has 1 heterocycles. The van der Waals surface area contributed by atoms with E-state index in [0.717, 1.165) is 24.0 Å². The number of hydrogen-bond donors (Lipinski definition) is 1. The molecule has 0 aromatic heterocycles. The Labute approximate surface area is 130 Å². The third-order valence-electron chi connectivity index (χ3n) is 4.30. The van der Waals surface area contributed by atoms with Gasteiger partial charge in [-0.25, -0.2) is 0 Å². The Kier molecular flexibility index (Phi) is 4.76. The van der Waals surface area contributed by atoms with E-state index in [0.29, 0.717) is 0 Å². The van der Waals surface area contributed by atoms with Crippen molar-refractivity contribution in [3.63, 3.8) is 0 Å². The molecule has 0 bridgehead atoms. The van der Waals surface area contributed by atoms with Crippen molar-refractivity contribution in [1.82, 2.24) is 10.2 Å². The van der Waals surface area contributed by atoms with Crippen LogP contribution in [0.2, 0.25) is 0 Å². The van der Waals surface area contributed by atoms with Gasteiger partial charge in [0, 0.05) is 36.2 Å². The summed E-state index contributed by atoms with van der Waals surface area (Å²) >= 11 is 3.58. The van der Waals surface area contributed by atoms with E-state index in [2.05, 4.69) is 76.2 Å². The summed E-state index contributed by atoms with van der Waals surface area (Å²) in [5.74, 6) is 0. The maximum Gasteiger partial charge on any atom is 0.0948 e. The molecule has 20 heavy (non-hydrogen) atoms. The first-order chi connectivity index (χ1) is 9.56. The van der Waals surface area contributed by atoms with Gasteiger partial charge < -0.3 is 10.2 Å². The second kappa shape index (κ2) is 6.19. The number of nitrogens with one attached hydrogen (secondary N) is 1. The van der Waals surface area contributed by atoms with Crippen LogP contribution in [-0.4, -0.2) is 24.2 Å². The molecule has 1 unspecified atom stereocenters. The lowest BCUT2D eigenvalue weighted by molar-refractivity contribution is 0.0909. The Balaban J connectivity index is 2.54. The Morgan fingerprint density at radius 1 is 1.40 bits per heavy atom. The van der Waals surface area contributed by atoms with Crippen LogP contribution in [-0.2, 0) is 6.54 Å². The largest absolute Gasteiger partial charge is 0.393 e. The van der Waals surface area contributed by atoms with Gasteiger partial charge in [-0.05, 0) is 43.7 Å². The molecule has 1 aliphatic rings. The molecule has 110 valence electrons. The van der Waals surface area contributed by atoms with Gasteiger partial charge in [0.05, 0.1) is 5.66 Å². The summed E-state index contributed by atoms with van der Waals surface area (Å²) in [6.45, 7) is 8.85. The SMILES string of the molecule is CCN1Cc2cc(Br)ccc2N(/C=C\NC)C1(C)CC. The third-order valence-corrected chi connectivity index (χ3v) is 4.80. The molecule has 1 aliphatic heterocycles. The second-order valence-electron chi connectivity index (χ2n) is 5.33. The maximum atomic E-state index is 3.58. The molecule has 1 aromatic carbocycles. The molecule has 0 amide bonds. The molecule has 0 saturated carbocycles. The minimum atomic E-state index is 0.0168. The highest BCUT2D eigenvalue weighted by Gasteiger charge is 2.39. The van der Waals surface area contributed by atoms with Gasteiger partial charge in [-0.3, -0.25) is 4.90 Å². The third kappa shape index (κ3) is 2.59. The first-order valence-electron chi connectivity index (χ1n) is 7.23. The van der Waals surface area contributed by atoms with Crippen molar-refractivity contribution in [2.45, 2.75) is 39.4 Å². The van der Waals surface area contributed by atoms with Gasteiger partial charge in [0.15, 0.2) is 0 Å². The fourth-order valence-electron chi connectivity index (χ4n) is 2.94. The van der Waals surface area contributed by atoms with Gasteiger partial charge in [-0.15, -0.1) is 0 Å². The lowest BCUT2D eigenvalue weighted by atomic mass is 9.96. The quantitative estimate of drug-likeness (QED) is 0.898. The van der Waals surface area contributed by atoms with Crippen LogP contribution in [0.1, 0.15) is 32.8 Å². The van der Waals surface area contributed by atoms with Gasteiger partial charge in [0.25, 0.3) is 0 Å². The average molecular weight is 338 g/mol. The molecule has 0 fully saturated rings. The Morgan fingerprint density at radius 2 is 2.15 bits per heavy atom. The molecule has 0 saturated heterocycles. The number of nitrogens with zero attached hydrogens (tertiary/aromatic N) is 2. The molecule has 3 nitrogen and oxygen atoms in total. The number of rotatable bonds is 4. The molecular weight excluding hydrogens is 314 g/mol. The van der Waals surface area contributed by atoms with Gasteiger partial charge in [0.1, 0.15) is 0 Å². The summed E-state index contributed by atoms with van der Waals surface area (Å²) in [5.41, 5.74) is 2.68. The van der Waals surface area contributed by atoms with Crippen molar-refractivity contribution in [2.75, 3.05) is 18.5 Å². The zero-order valence-electron chi connectivity index (χ0n) is 12.8. The Bertz CT molecular complexity index is 500. The van der Waals surface area contributed by atoms with E-state index in [1.807, 2.05) is 13.2 Å². The zero-order chi connectivity index (χ0) is 14.8. The molecule has 2 rings (SSSR count). The van der Waals surface area contributed by atoms with E-state index in [1.165, 1.54) is 11.3 Å². The monoisotopic (exact) mass is 337 g/mol. The van der Waals surface area contributed by atoms with Crippen LogP contribution in [0.15, 0.2) is 35.1 Å². The van der Waals surface area contributed by atoms with E-state index < -0.39 is 0 Å². The summed E-state index contributed by atoms with van der Waals surface area (Å²) in [6, 6.07) is 6.56. The summed E-state index contributed by atoms with van der Waals surface area (Å²) in [6.07, 6.45) is 5.22. The predicted octanol–water partition coefficient (Wildman–Crippen LogP) is 3.91. The van der Waals surface area contributed by atoms with Crippen molar-refractivity contribution in [2.24, 2.45) is 0 Å². The standard InChI is InChI=1S/C16H24BrN3/c1-5-16(3)19(6-2)12-13-11-14(17)7-8-15(13)20(16)10-9-18-4/h7-11,18H,5-6,12H2,1-4H3/b10-9-. The molecule has 0 radical (unpaired) electrons. The van der Waals surface area contributed by atoms with Crippen LogP contribution in [0.3, 0.4) is 0 Å². The van der Waals surface area contributed by atoms with Crippen molar-refractivity contribution >= 4 is 21.6 Å². The molecule has 4 heteroatoms. The lowest BCUT2D eigenvalue weighted by Gasteiger charge is -2.52. The van der Waals surface area contributed by atoms with Crippen molar-refractivity contribution in [3.8, 4) is 0 Å². The number of hydrogen-bond acceptors (Lipinski definition) is 3. The van der Waals surface area contributed by atoms with Crippen LogP contribution < -0.4 is 10.2 Å². The van der Waals surface area contributed by atoms with Crippen molar-refractivity contribution in [3.05, 3.63) is 40.6 Å². The van der Waals surface area contributed by atoms with Crippen LogP contribution >= 0.6 is 15.9 Å². The fraction of sp³-hybridized carbons (Fsp3) is 0.500. The summed E-state index contributed by atoms with van der Waals surface area (Å²) in [4.78, 5) is 4.92. The Morgan fingerprint density at radius 3 is 2.75 bits per heavy atom. The van der Waals surface area contributed by atoms with Gasteiger partial charge in [0.2, 0.25) is 0 Å². The van der Waals surface area contributed by atoms with E-state index >= 15 is 0 Å². The van der Waals surface area contributed by atoms with Crippen LogP contribution in [0.4, 0.5) is 5.69 Å². The number of benzene rings is 1. The topological polar surface area (TPSA) is 18.5 Å². The highest BCUT2D eigenvalue weighted by molar-refractivity contribution is 9.10. The minimum Gasteiger partial charge on any atom is -0.393 e. The number of anilines is 1. The molecule has 1 atom stereocenters. The van der Waals surface area contributed by atoms with Gasteiger partial charge in [-0.2, -0.15) is 0 Å². The Hall–Kier alpha value is -1.00. The van der Waals surface area contributed by atoms with E-state index in [1.54, 1.807) is 0 Å². The minimum absolute atomic E-state index is 0.0168. The second-order valence-corrected chi connectivity index (χ2v) is 6.25. The maximum absolute atomic E-state index is 3.58. The lowest BCUT2D eigenvalue weighted by Crippen LogP contribution is -2.59. The zero-order valence-corrected chi connectivity index (χ0v) is 14.4. The first-order valence-corrected chi connectivity index (χ1v) is 8.02.